The van der Waals surface area contributed by atoms with Crippen molar-refractivity contribution in [2.24, 2.45) is 0 Å². The van der Waals surface area contributed by atoms with Crippen LogP contribution in [0.15, 0.2) is 42.7 Å². The van der Waals surface area contributed by atoms with Gasteiger partial charge in [0.05, 0.1) is 6.10 Å². The molecule has 0 spiro atoms. The molecule has 0 saturated carbocycles. The van der Waals surface area contributed by atoms with Crippen LogP contribution in [0.4, 0.5) is 0 Å². The van der Waals surface area contributed by atoms with Crippen LogP contribution in [0.5, 0.6) is 0 Å². The number of benzene rings is 1. The Hall–Kier alpha value is -2.20. The molecule has 1 unspecified atom stereocenters. The Morgan fingerprint density at radius 3 is 2.50 bits per heavy atom. The average molecular weight is 239 g/mol. The topological polar surface area (TPSA) is 61.8 Å². The van der Waals surface area contributed by atoms with E-state index in [0.29, 0.717) is 0 Å². The van der Waals surface area contributed by atoms with E-state index < -0.39 is 6.10 Å². The highest BCUT2D eigenvalue weighted by Gasteiger charge is 2.05. The maximum atomic E-state index is 9.47. The summed E-state index contributed by atoms with van der Waals surface area (Å²) in [5.74, 6) is 0. The number of H-pyrrole nitrogens is 1. The van der Waals surface area contributed by atoms with Crippen LogP contribution in [0.25, 0.3) is 22.4 Å². The second-order valence-electron chi connectivity index (χ2n) is 4.27. The van der Waals surface area contributed by atoms with Gasteiger partial charge in [-0.05, 0) is 24.1 Å². The lowest BCUT2D eigenvalue weighted by Crippen LogP contribution is -1.90. The zero-order valence-electron chi connectivity index (χ0n) is 9.96. The van der Waals surface area contributed by atoms with E-state index in [9.17, 15) is 5.11 Å². The monoisotopic (exact) mass is 239 g/mol. The number of aromatic nitrogens is 3. The van der Waals surface area contributed by atoms with Gasteiger partial charge in [0.1, 0.15) is 5.52 Å². The maximum Gasteiger partial charge on any atom is 0.156 e. The summed E-state index contributed by atoms with van der Waals surface area (Å²) in [6, 6.07) is 9.78. The lowest BCUT2D eigenvalue weighted by Gasteiger charge is -2.05. The molecule has 4 heteroatoms. The van der Waals surface area contributed by atoms with Crippen LogP contribution in [0.3, 0.4) is 0 Å². The summed E-state index contributed by atoms with van der Waals surface area (Å²) in [5, 5.41) is 9.47. The number of rotatable bonds is 2. The average Bonchev–Trinajstić information content (AvgIpc) is 2.82. The summed E-state index contributed by atoms with van der Waals surface area (Å²) in [6.07, 6.45) is 2.90. The van der Waals surface area contributed by atoms with Crippen LogP contribution in [0, 0.1) is 0 Å². The van der Waals surface area contributed by atoms with E-state index in [4.69, 9.17) is 0 Å². The molecule has 3 rings (SSSR count). The minimum absolute atomic E-state index is 0.440. The molecule has 3 aromatic rings. The lowest BCUT2D eigenvalue weighted by atomic mass is 10.1. The highest BCUT2D eigenvalue weighted by Crippen LogP contribution is 2.23. The molecule has 90 valence electrons. The molecule has 18 heavy (non-hydrogen) atoms. The molecule has 4 nitrogen and oxygen atoms in total. The van der Waals surface area contributed by atoms with Crippen molar-refractivity contribution in [3.63, 3.8) is 0 Å². The third-order valence-corrected chi connectivity index (χ3v) is 2.96. The van der Waals surface area contributed by atoms with Crippen molar-refractivity contribution in [2.75, 3.05) is 0 Å². The van der Waals surface area contributed by atoms with E-state index in [0.717, 1.165) is 28.0 Å². The van der Waals surface area contributed by atoms with Gasteiger partial charge in [-0.25, -0.2) is 4.98 Å². The highest BCUT2D eigenvalue weighted by molar-refractivity contribution is 5.79. The first-order valence-electron chi connectivity index (χ1n) is 5.82. The van der Waals surface area contributed by atoms with Gasteiger partial charge in [-0.15, -0.1) is 0 Å². The number of aromatic amines is 1. The molecular formula is C14H13N3O. The lowest BCUT2D eigenvalue weighted by molar-refractivity contribution is 0.199. The number of hydrogen-bond donors (Lipinski definition) is 2. The Labute approximate surface area is 104 Å². The number of hydrogen-bond acceptors (Lipinski definition) is 3. The fraction of sp³-hybridized carbons (Fsp3) is 0.143. The predicted octanol–water partition coefficient (Wildman–Crippen LogP) is 2.68. The largest absolute Gasteiger partial charge is 0.389 e. The molecule has 0 bridgehead atoms. The Morgan fingerprint density at radius 1 is 1.11 bits per heavy atom. The van der Waals surface area contributed by atoms with Crippen LogP contribution >= 0.6 is 0 Å². The normalized spacial score (nSPS) is 12.8. The summed E-state index contributed by atoms with van der Waals surface area (Å²) >= 11 is 0. The maximum absolute atomic E-state index is 9.47. The van der Waals surface area contributed by atoms with Gasteiger partial charge in [0, 0.05) is 18.1 Å². The summed E-state index contributed by atoms with van der Waals surface area (Å²) in [5.41, 5.74) is 4.58. The second-order valence-corrected chi connectivity index (χ2v) is 4.27. The van der Waals surface area contributed by atoms with Gasteiger partial charge in [-0.1, -0.05) is 24.3 Å². The van der Waals surface area contributed by atoms with Crippen LogP contribution in [-0.4, -0.2) is 20.1 Å². The van der Waals surface area contributed by atoms with Gasteiger partial charge in [-0.3, -0.25) is 4.98 Å². The Kier molecular flexibility index (Phi) is 2.57. The van der Waals surface area contributed by atoms with Crippen molar-refractivity contribution in [3.8, 4) is 11.3 Å². The van der Waals surface area contributed by atoms with Gasteiger partial charge in [0.25, 0.3) is 0 Å². The smallest absolute Gasteiger partial charge is 0.156 e. The first kappa shape index (κ1) is 10.9. The van der Waals surface area contributed by atoms with Crippen molar-refractivity contribution in [2.45, 2.75) is 13.0 Å². The molecule has 1 atom stereocenters. The predicted molar refractivity (Wildman–Crippen MR) is 70.0 cm³/mol. The van der Waals surface area contributed by atoms with E-state index >= 15 is 0 Å². The van der Waals surface area contributed by atoms with E-state index in [1.807, 2.05) is 30.3 Å². The molecule has 2 aromatic heterocycles. The Morgan fingerprint density at radius 2 is 1.83 bits per heavy atom. The summed E-state index contributed by atoms with van der Waals surface area (Å²) in [6.45, 7) is 1.76. The number of fused-ring (bicyclic) bond motifs is 1. The highest BCUT2D eigenvalue weighted by atomic mass is 16.3. The third kappa shape index (κ3) is 1.87. The van der Waals surface area contributed by atoms with Gasteiger partial charge in [0.15, 0.2) is 5.65 Å². The fourth-order valence-electron chi connectivity index (χ4n) is 1.95. The zero-order chi connectivity index (χ0) is 12.5. The van der Waals surface area contributed by atoms with Gasteiger partial charge >= 0.3 is 0 Å². The van der Waals surface area contributed by atoms with E-state index in [-0.39, 0.29) is 0 Å². The van der Waals surface area contributed by atoms with Crippen LogP contribution in [0.2, 0.25) is 0 Å². The van der Waals surface area contributed by atoms with Crippen molar-refractivity contribution in [1.82, 2.24) is 15.0 Å². The van der Waals surface area contributed by atoms with E-state index in [1.54, 1.807) is 19.3 Å². The van der Waals surface area contributed by atoms with Crippen molar-refractivity contribution < 1.29 is 5.11 Å². The molecular weight excluding hydrogens is 226 g/mol. The van der Waals surface area contributed by atoms with Crippen molar-refractivity contribution >= 4 is 11.2 Å². The number of nitrogens with one attached hydrogen (secondary N) is 1. The molecule has 0 amide bonds. The summed E-state index contributed by atoms with van der Waals surface area (Å²) in [7, 11) is 0. The van der Waals surface area contributed by atoms with E-state index in [2.05, 4.69) is 15.0 Å². The first-order valence-corrected chi connectivity index (χ1v) is 5.82. The standard InChI is InChI=1S/C14H13N3O/c1-9(18)10-2-4-11(5-3-10)12-8-13-14(17-12)16-7-6-15-13/h2-9,18H,1H3,(H,16,17). The molecule has 0 fully saturated rings. The van der Waals surface area contributed by atoms with Crippen LogP contribution in [0.1, 0.15) is 18.6 Å². The number of nitrogens with zero attached hydrogens (tertiary/aromatic N) is 2. The molecule has 2 heterocycles. The van der Waals surface area contributed by atoms with E-state index in [1.165, 1.54) is 0 Å². The molecule has 0 aliphatic carbocycles. The van der Waals surface area contributed by atoms with Crippen LogP contribution in [-0.2, 0) is 0 Å². The number of aliphatic hydroxyl groups is 1. The van der Waals surface area contributed by atoms with Crippen molar-refractivity contribution in [3.05, 3.63) is 48.3 Å². The minimum Gasteiger partial charge on any atom is -0.389 e. The molecule has 0 aliphatic heterocycles. The number of aliphatic hydroxyl groups excluding tert-OH is 1. The molecule has 0 radical (unpaired) electrons. The van der Waals surface area contributed by atoms with Gasteiger partial charge in [-0.2, -0.15) is 0 Å². The molecule has 0 saturated heterocycles. The quantitative estimate of drug-likeness (QED) is 0.722. The molecule has 1 aromatic carbocycles. The van der Waals surface area contributed by atoms with Gasteiger partial charge < -0.3 is 10.1 Å². The minimum atomic E-state index is -0.440. The Balaban J connectivity index is 2.03. The fourth-order valence-corrected chi connectivity index (χ4v) is 1.95. The SMILES string of the molecule is CC(O)c1ccc(-c2cc3nccnc3[nH]2)cc1. The third-order valence-electron chi connectivity index (χ3n) is 2.96. The Bertz CT molecular complexity index is 638. The van der Waals surface area contributed by atoms with Gasteiger partial charge in [0.2, 0.25) is 0 Å². The summed E-state index contributed by atoms with van der Waals surface area (Å²) < 4.78 is 0. The molecule has 2 N–H and O–H groups in total. The second kappa shape index (κ2) is 4.23. The van der Waals surface area contributed by atoms with Crippen LogP contribution < -0.4 is 0 Å². The first-order chi connectivity index (χ1) is 8.74. The zero-order valence-corrected chi connectivity index (χ0v) is 9.96. The van der Waals surface area contributed by atoms with Crippen molar-refractivity contribution in [1.29, 1.82) is 0 Å². The molecule has 0 aliphatic rings. The summed E-state index contributed by atoms with van der Waals surface area (Å²) in [4.78, 5) is 11.7.